The van der Waals surface area contributed by atoms with Crippen molar-refractivity contribution in [1.29, 1.82) is 0 Å². The van der Waals surface area contributed by atoms with Gasteiger partial charge in [0.25, 0.3) is 0 Å². The second kappa shape index (κ2) is 7.96. The Labute approximate surface area is 122 Å². The maximum absolute atomic E-state index is 3.70. The Hall–Kier alpha value is -0.470. The summed E-state index contributed by atoms with van der Waals surface area (Å²) in [5, 5.41) is 3.70. The number of benzene rings is 1. The highest BCUT2D eigenvalue weighted by Gasteiger charge is 2.22. The minimum Gasteiger partial charge on any atom is -0.314 e. The van der Waals surface area contributed by atoms with Gasteiger partial charge in [0, 0.05) is 10.9 Å². The smallest absolute Gasteiger partial charge is 0.00719 e. The average molecular weight is 277 g/mol. The Kier molecular flexibility index (Phi) is 6.25. The van der Waals surface area contributed by atoms with Crippen molar-refractivity contribution in [3.8, 4) is 0 Å². The van der Waals surface area contributed by atoms with Gasteiger partial charge in [-0.3, -0.25) is 0 Å². The quantitative estimate of drug-likeness (QED) is 0.663. The van der Waals surface area contributed by atoms with Gasteiger partial charge in [0.2, 0.25) is 0 Å². The molecule has 0 aromatic heterocycles. The summed E-state index contributed by atoms with van der Waals surface area (Å²) in [5.41, 5.74) is 0. The van der Waals surface area contributed by atoms with E-state index in [0.717, 1.165) is 17.9 Å². The Bertz CT molecular complexity index is 346. The largest absolute Gasteiger partial charge is 0.314 e. The molecule has 1 nitrogen and oxygen atoms in total. The summed E-state index contributed by atoms with van der Waals surface area (Å²) in [7, 11) is 0. The van der Waals surface area contributed by atoms with Gasteiger partial charge in [0.15, 0.2) is 0 Å². The number of nitrogens with one attached hydrogen (secondary N) is 1. The van der Waals surface area contributed by atoms with E-state index in [1.54, 1.807) is 0 Å². The van der Waals surface area contributed by atoms with Crippen LogP contribution in [0.15, 0.2) is 35.2 Å². The first-order valence-corrected chi connectivity index (χ1v) is 8.64. The van der Waals surface area contributed by atoms with E-state index in [-0.39, 0.29) is 0 Å². The van der Waals surface area contributed by atoms with Crippen LogP contribution in [0.5, 0.6) is 0 Å². The van der Waals surface area contributed by atoms with Gasteiger partial charge >= 0.3 is 0 Å². The molecule has 1 N–H and O–H groups in total. The molecule has 1 aromatic rings. The Morgan fingerprint density at radius 2 is 1.95 bits per heavy atom. The third kappa shape index (κ3) is 6.49. The van der Waals surface area contributed by atoms with E-state index in [9.17, 15) is 0 Å². The van der Waals surface area contributed by atoms with Gasteiger partial charge in [-0.25, -0.2) is 0 Å². The third-order valence-electron chi connectivity index (χ3n) is 3.62. The molecule has 1 atom stereocenters. The van der Waals surface area contributed by atoms with E-state index in [0.29, 0.717) is 0 Å². The monoisotopic (exact) mass is 277 g/mol. The summed E-state index contributed by atoms with van der Waals surface area (Å²) in [6.45, 7) is 5.90. The van der Waals surface area contributed by atoms with Gasteiger partial charge in [-0.1, -0.05) is 32.0 Å². The molecule has 0 amide bonds. The first kappa shape index (κ1) is 14.9. The van der Waals surface area contributed by atoms with Crippen LogP contribution in [-0.4, -0.2) is 18.3 Å². The van der Waals surface area contributed by atoms with Crippen molar-refractivity contribution in [3.63, 3.8) is 0 Å². The molecule has 106 valence electrons. The van der Waals surface area contributed by atoms with E-state index in [4.69, 9.17) is 0 Å². The lowest BCUT2D eigenvalue weighted by molar-refractivity contribution is 0.379. The van der Waals surface area contributed by atoms with Crippen molar-refractivity contribution in [2.24, 2.45) is 11.8 Å². The van der Waals surface area contributed by atoms with Crippen LogP contribution in [0, 0.1) is 11.8 Å². The second-order valence-corrected chi connectivity index (χ2v) is 7.30. The van der Waals surface area contributed by atoms with Crippen molar-refractivity contribution in [1.82, 2.24) is 5.32 Å². The van der Waals surface area contributed by atoms with E-state index in [1.807, 2.05) is 11.8 Å². The molecule has 1 aliphatic carbocycles. The van der Waals surface area contributed by atoms with Crippen molar-refractivity contribution in [2.75, 3.05) is 12.3 Å². The van der Waals surface area contributed by atoms with E-state index in [1.165, 1.54) is 42.9 Å². The highest BCUT2D eigenvalue weighted by molar-refractivity contribution is 7.99. The number of rotatable bonds is 9. The minimum atomic E-state index is 0.813. The van der Waals surface area contributed by atoms with Crippen LogP contribution in [0.2, 0.25) is 0 Å². The molecule has 0 spiro atoms. The van der Waals surface area contributed by atoms with Crippen LogP contribution in [0.25, 0.3) is 0 Å². The molecule has 0 aliphatic heterocycles. The second-order valence-electron chi connectivity index (χ2n) is 6.13. The van der Waals surface area contributed by atoms with E-state index in [2.05, 4.69) is 49.5 Å². The molecule has 1 unspecified atom stereocenters. The van der Waals surface area contributed by atoms with Crippen molar-refractivity contribution in [3.05, 3.63) is 30.3 Å². The van der Waals surface area contributed by atoms with Gasteiger partial charge in [-0.15, -0.1) is 11.8 Å². The Morgan fingerprint density at radius 3 is 2.58 bits per heavy atom. The number of thioether (sulfide) groups is 1. The first-order chi connectivity index (χ1) is 9.24. The minimum absolute atomic E-state index is 0.813. The fourth-order valence-electron chi connectivity index (χ4n) is 2.45. The standard InChI is InChI=1S/C17H27NS/c1-14(2)12-15(13-18-16-8-9-16)10-11-19-17-6-4-3-5-7-17/h3-7,14-16,18H,8-13H2,1-2H3. The maximum atomic E-state index is 3.70. The van der Waals surface area contributed by atoms with Gasteiger partial charge in [-0.2, -0.15) is 0 Å². The SMILES string of the molecule is CC(C)CC(CCSc1ccccc1)CNC1CC1. The highest BCUT2D eigenvalue weighted by atomic mass is 32.2. The van der Waals surface area contributed by atoms with Crippen molar-refractivity contribution < 1.29 is 0 Å². The molecule has 1 saturated carbocycles. The summed E-state index contributed by atoms with van der Waals surface area (Å²) in [6.07, 6.45) is 5.48. The number of hydrogen-bond acceptors (Lipinski definition) is 2. The van der Waals surface area contributed by atoms with Crippen LogP contribution in [0.3, 0.4) is 0 Å². The zero-order valence-electron chi connectivity index (χ0n) is 12.3. The lowest BCUT2D eigenvalue weighted by Crippen LogP contribution is -2.26. The maximum Gasteiger partial charge on any atom is 0.00719 e. The lowest BCUT2D eigenvalue weighted by atomic mass is 9.95. The van der Waals surface area contributed by atoms with Gasteiger partial charge in [-0.05, 0) is 61.9 Å². The van der Waals surface area contributed by atoms with Crippen LogP contribution >= 0.6 is 11.8 Å². The lowest BCUT2D eigenvalue weighted by Gasteiger charge is -2.19. The number of hydrogen-bond donors (Lipinski definition) is 1. The summed E-state index contributed by atoms with van der Waals surface area (Å²) in [6, 6.07) is 11.6. The van der Waals surface area contributed by atoms with E-state index < -0.39 is 0 Å². The van der Waals surface area contributed by atoms with Crippen molar-refractivity contribution in [2.45, 2.75) is 50.5 Å². The molecule has 0 saturated heterocycles. The molecule has 2 heteroatoms. The summed E-state index contributed by atoms with van der Waals surface area (Å²) >= 11 is 2.00. The van der Waals surface area contributed by atoms with Crippen LogP contribution in [0.1, 0.15) is 39.5 Å². The molecule has 0 radical (unpaired) electrons. The van der Waals surface area contributed by atoms with Gasteiger partial charge in [0.05, 0.1) is 0 Å². The summed E-state index contributed by atoms with van der Waals surface area (Å²) in [5.74, 6) is 2.90. The zero-order chi connectivity index (χ0) is 13.5. The van der Waals surface area contributed by atoms with Gasteiger partial charge in [0.1, 0.15) is 0 Å². The highest BCUT2D eigenvalue weighted by Crippen LogP contribution is 2.24. The predicted molar refractivity (Wildman–Crippen MR) is 85.8 cm³/mol. The molecule has 1 aromatic carbocycles. The molecular weight excluding hydrogens is 250 g/mol. The van der Waals surface area contributed by atoms with Crippen LogP contribution in [-0.2, 0) is 0 Å². The fraction of sp³-hybridized carbons (Fsp3) is 0.647. The normalized spacial score (nSPS) is 16.8. The average Bonchev–Trinajstić information content (AvgIpc) is 3.20. The fourth-order valence-corrected chi connectivity index (χ4v) is 3.49. The molecule has 2 rings (SSSR count). The third-order valence-corrected chi connectivity index (χ3v) is 4.66. The summed E-state index contributed by atoms with van der Waals surface area (Å²) in [4.78, 5) is 1.40. The zero-order valence-corrected chi connectivity index (χ0v) is 13.1. The van der Waals surface area contributed by atoms with Crippen LogP contribution in [0.4, 0.5) is 0 Å². The summed E-state index contributed by atoms with van der Waals surface area (Å²) < 4.78 is 0. The topological polar surface area (TPSA) is 12.0 Å². The van der Waals surface area contributed by atoms with Crippen LogP contribution < -0.4 is 5.32 Å². The first-order valence-electron chi connectivity index (χ1n) is 7.65. The Morgan fingerprint density at radius 1 is 1.21 bits per heavy atom. The molecule has 1 fully saturated rings. The molecule has 1 aliphatic rings. The van der Waals surface area contributed by atoms with Gasteiger partial charge < -0.3 is 5.32 Å². The molecule has 0 heterocycles. The van der Waals surface area contributed by atoms with Crippen molar-refractivity contribution >= 4 is 11.8 Å². The Balaban J connectivity index is 1.68. The molecule has 19 heavy (non-hydrogen) atoms. The predicted octanol–water partition coefficient (Wildman–Crippen LogP) is 4.58. The molecular formula is C17H27NS. The van der Waals surface area contributed by atoms with E-state index >= 15 is 0 Å². The molecule has 0 bridgehead atoms.